The molecule has 7 heteroatoms. The third kappa shape index (κ3) is 4.15. The van der Waals surface area contributed by atoms with E-state index in [9.17, 15) is 9.90 Å². The van der Waals surface area contributed by atoms with E-state index in [4.69, 9.17) is 22.6 Å². The summed E-state index contributed by atoms with van der Waals surface area (Å²) in [5.41, 5.74) is 6.63. The van der Waals surface area contributed by atoms with Crippen LogP contribution in [-0.2, 0) is 4.79 Å². The van der Waals surface area contributed by atoms with Gasteiger partial charge in [0, 0.05) is 11.9 Å². The van der Waals surface area contributed by atoms with Gasteiger partial charge in [-0.25, -0.2) is 0 Å². The average Bonchev–Trinajstić information content (AvgIpc) is 2.52. The van der Waals surface area contributed by atoms with Crippen LogP contribution in [0.3, 0.4) is 0 Å². The number of rotatable bonds is 4. The molecule has 0 radical (unpaired) electrons. The van der Waals surface area contributed by atoms with Gasteiger partial charge in [0.2, 0.25) is 0 Å². The molecular formula is C16H13ClN4O2. The second-order valence-electron chi connectivity index (χ2n) is 4.52. The van der Waals surface area contributed by atoms with Gasteiger partial charge in [-0.05, 0) is 30.3 Å². The molecule has 0 aliphatic heterocycles. The molecule has 6 nitrogen and oxygen atoms in total. The molecule has 23 heavy (non-hydrogen) atoms. The van der Waals surface area contributed by atoms with Crippen molar-refractivity contribution in [1.29, 1.82) is 5.26 Å². The largest absolute Gasteiger partial charge is 0.506 e. The minimum absolute atomic E-state index is 0.0901. The Hall–Kier alpha value is -3.17. The molecule has 0 fully saturated rings. The lowest BCUT2D eigenvalue weighted by Gasteiger charge is -2.07. The van der Waals surface area contributed by atoms with Gasteiger partial charge in [-0.2, -0.15) is 5.26 Å². The molecule has 116 valence electrons. The van der Waals surface area contributed by atoms with E-state index >= 15 is 0 Å². The Bertz CT molecular complexity index is 812. The number of phenolic OH excluding ortho intramolecular Hbond substituents is 1. The van der Waals surface area contributed by atoms with Crippen molar-refractivity contribution in [2.45, 2.75) is 0 Å². The van der Waals surface area contributed by atoms with E-state index in [0.717, 1.165) is 0 Å². The Morgan fingerprint density at radius 2 is 2.00 bits per heavy atom. The first kappa shape index (κ1) is 16.2. The van der Waals surface area contributed by atoms with Gasteiger partial charge in [-0.1, -0.05) is 23.7 Å². The summed E-state index contributed by atoms with van der Waals surface area (Å²) in [4.78, 5) is 12.1. The van der Waals surface area contributed by atoms with Crippen LogP contribution in [0.5, 0.6) is 5.75 Å². The van der Waals surface area contributed by atoms with Crippen LogP contribution in [-0.4, -0.2) is 11.0 Å². The highest BCUT2D eigenvalue weighted by Crippen LogP contribution is 2.25. The molecule has 2 rings (SSSR count). The molecule has 0 atom stereocenters. The maximum atomic E-state index is 12.1. The lowest BCUT2D eigenvalue weighted by Crippen LogP contribution is -2.14. The minimum atomic E-state index is -0.659. The molecule has 0 spiro atoms. The van der Waals surface area contributed by atoms with Gasteiger partial charge < -0.3 is 21.5 Å². The number of carbonyl (C=O) groups is 1. The summed E-state index contributed by atoms with van der Waals surface area (Å²) in [6, 6.07) is 12.8. The highest BCUT2D eigenvalue weighted by Gasteiger charge is 2.11. The highest BCUT2D eigenvalue weighted by molar-refractivity contribution is 6.33. The van der Waals surface area contributed by atoms with Crippen molar-refractivity contribution in [3.05, 3.63) is 59.3 Å². The molecule has 0 aromatic heterocycles. The van der Waals surface area contributed by atoms with Gasteiger partial charge >= 0.3 is 0 Å². The lowest BCUT2D eigenvalue weighted by atomic mass is 10.2. The van der Waals surface area contributed by atoms with E-state index in [1.165, 1.54) is 18.3 Å². The number of hydrogen-bond donors (Lipinski definition) is 4. The topological polar surface area (TPSA) is 111 Å². The molecule has 0 bridgehead atoms. The number of benzene rings is 2. The van der Waals surface area contributed by atoms with Crippen LogP contribution in [0.2, 0.25) is 5.02 Å². The third-order valence-electron chi connectivity index (χ3n) is 2.88. The maximum Gasteiger partial charge on any atom is 0.267 e. The van der Waals surface area contributed by atoms with Crippen molar-refractivity contribution in [1.82, 2.24) is 0 Å². The van der Waals surface area contributed by atoms with Crippen LogP contribution in [0, 0.1) is 11.3 Å². The fourth-order valence-corrected chi connectivity index (χ4v) is 1.96. The number of hydrogen-bond acceptors (Lipinski definition) is 5. The maximum absolute atomic E-state index is 12.1. The van der Waals surface area contributed by atoms with Crippen LogP contribution < -0.4 is 16.4 Å². The molecule has 5 N–H and O–H groups in total. The van der Waals surface area contributed by atoms with Crippen molar-refractivity contribution in [2.24, 2.45) is 0 Å². The molecule has 0 aliphatic carbocycles. The number of nitrogen functional groups attached to an aromatic ring is 1. The number of amides is 1. The summed E-state index contributed by atoms with van der Waals surface area (Å²) in [7, 11) is 0. The monoisotopic (exact) mass is 328 g/mol. The first-order chi connectivity index (χ1) is 11.0. The summed E-state index contributed by atoms with van der Waals surface area (Å²) < 4.78 is 0. The zero-order valence-electron chi connectivity index (χ0n) is 11.9. The van der Waals surface area contributed by atoms with Crippen LogP contribution in [0.1, 0.15) is 0 Å². The number of carbonyl (C=O) groups excluding carboxylic acids is 1. The number of nitrogens with one attached hydrogen (secondary N) is 2. The molecular weight excluding hydrogens is 316 g/mol. The van der Waals surface area contributed by atoms with Crippen molar-refractivity contribution in [2.75, 3.05) is 16.4 Å². The third-order valence-corrected chi connectivity index (χ3v) is 3.20. The van der Waals surface area contributed by atoms with Gasteiger partial charge in [-0.15, -0.1) is 0 Å². The Morgan fingerprint density at radius 3 is 2.65 bits per heavy atom. The van der Waals surface area contributed by atoms with Gasteiger partial charge in [0.25, 0.3) is 5.91 Å². The Balaban J connectivity index is 2.14. The van der Waals surface area contributed by atoms with Crippen molar-refractivity contribution in [3.8, 4) is 11.8 Å². The molecule has 0 unspecified atom stereocenters. The normalized spacial score (nSPS) is 10.7. The number of nitriles is 1. The van der Waals surface area contributed by atoms with E-state index in [1.54, 1.807) is 36.4 Å². The predicted octanol–water partition coefficient (Wildman–Crippen LogP) is 3.09. The van der Waals surface area contributed by atoms with Crippen molar-refractivity contribution >= 4 is 34.6 Å². The quantitative estimate of drug-likeness (QED) is 0.298. The molecule has 0 saturated carbocycles. The number of halogens is 1. The number of aromatic hydroxyl groups is 1. The first-order valence-corrected chi connectivity index (χ1v) is 6.90. The Morgan fingerprint density at radius 1 is 1.26 bits per heavy atom. The van der Waals surface area contributed by atoms with Gasteiger partial charge in [0.15, 0.2) is 0 Å². The van der Waals surface area contributed by atoms with Gasteiger partial charge in [-0.3, -0.25) is 4.79 Å². The molecule has 2 aromatic carbocycles. The molecule has 0 saturated heterocycles. The van der Waals surface area contributed by atoms with Crippen LogP contribution in [0.15, 0.2) is 54.2 Å². The summed E-state index contributed by atoms with van der Waals surface area (Å²) in [5, 5.41) is 24.3. The lowest BCUT2D eigenvalue weighted by molar-refractivity contribution is -0.112. The van der Waals surface area contributed by atoms with E-state index in [0.29, 0.717) is 16.4 Å². The second-order valence-corrected chi connectivity index (χ2v) is 4.93. The van der Waals surface area contributed by atoms with E-state index in [-0.39, 0.29) is 17.0 Å². The number of anilines is 3. The summed E-state index contributed by atoms with van der Waals surface area (Å²) in [5.74, 6) is -0.749. The standard InChI is InChI=1S/C16H13ClN4O2/c17-12-7-11(19)5-6-13(12)20-9-10(8-18)16(23)21-14-3-1-2-4-15(14)22/h1-7,9,20,22H,19H2,(H,21,23)/b10-9-. The van der Waals surface area contributed by atoms with Crippen molar-refractivity contribution < 1.29 is 9.90 Å². The Labute approximate surface area is 137 Å². The van der Waals surface area contributed by atoms with Crippen LogP contribution in [0.25, 0.3) is 0 Å². The van der Waals surface area contributed by atoms with Crippen LogP contribution >= 0.6 is 11.6 Å². The molecule has 0 aliphatic rings. The number of phenols is 1. The van der Waals surface area contributed by atoms with Gasteiger partial charge in [0.05, 0.1) is 16.4 Å². The summed E-state index contributed by atoms with van der Waals surface area (Å²) in [6.07, 6.45) is 1.23. The average molecular weight is 329 g/mol. The van der Waals surface area contributed by atoms with E-state index < -0.39 is 5.91 Å². The predicted molar refractivity (Wildman–Crippen MR) is 89.9 cm³/mol. The summed E-state index contributed by atoms with van der Waals surface area (Å²) in [6.45, 7) is 0. The summed E-state index contributed by atoms with van der Waals surface area (Å²) >= 11 is 6.00. The number of para-hydroxylation sites is 2. The van der Waals surface area contributed by atoms with Crippen molar-refractivity contribution in [3.63, 3.8) is 0 Å². The van der Waals surface area contributed by atoms with Gasteiger partial charge in [0.1, 0.15) is 17.4 Å². The number of nitrogens with two attached hydrogens (primary N) is 1. The zero-order valence-corrected chi connectivity index (χ0v) is 12.6. The molecule has 2 aromatic rings. The van der Waals surface area contributed by atoms with E-state index in [1.807, 2.05) is 0 Å². The molecule has 0 heterocycles. The highest BCUT2D eigenvalue weighted by atomic mass is 35.5. The smallest absolute Gasteiger partial charge is 0.267 e. The number of nitrogens with zero attached hydrogens (tertiary/aromatic N) is 1. The van der Waals surface area contributed by atoms with E-state index in [2.05, 4.69) is 10.6 Å². The Kier molecular flexibility index (Phi) is 5.07. The second kappa shape index (κ2) is 7.20. The minimum Gasteiger partial charge on any atom is -0.506 e. The SMILES string of the molecule is N#C/C(=C/Nc1ccc(N)cc1Cl)C(=O)Nc1ccccc1O. The fraction of sp³-hybridized carbons (Fsp3) is 0. The fourth-order valence-electron chi connectivity index (χ4n) is 1.72. The zero-order chi connectivity index (χ0) is 16.8. The molecule has 1 amide bonds. The first-order valence-electron chi connectivity index (χ1n) is 6.52. The van der Waals surface area contributed by atoms with Crippen LogP contribution in [0.4, 0.5) is 17.1 Å².